The maximum atomic E-state index is 14.3. The fourth-order valence-electron chi connectivity index (χ4n) is 7.11. The Morgan fingerprint density at radius 2 is 1.26 bits per heavy atom. The van der Waals surface area contributed by atoms with Gasteiger partial charge in [-0.1, -0.05) is 88.4 Å². The van der Waals surface area contributed by atoms with Crippen LogP contribution in [0, 0.1) is 11.8 Å². The van der Waals surface area contributed by atoms with E-state index in [0.717, 1.165) is 12.5 Å². The van der Waals surface area contributed by atoms with Crippen LogP contribution in [0.4, 0.5) is 0 Å². The Morgan fingerprint density at radius 3 is 1.83 bits per heavy atom. The van der Waals surface area contributed by atoms with Gasteiger partial charge >= 0.3 is 5.97 Å². The molecule has 66 heavy (non-hydrogen) atoms. The largest absolute Gasteiger partial charge is 0.480 e. The summed E-state index contributed by atoms with van der Waals surface area (Å²) in [6.45, 7) is 11.4. The first kappa shape index (κ1) is 55.5. The first-order chi connectivity index (χ1) is 31.0. The number of nitrogens with zero attached hydrogens (tertiary/aromatic N) is 1. The van der Waals surface area contributed by atoms with Gasteiger partial charge in [-0.15, -0.1) is 0 Å². The van der Waals surface area contributed by atoms with Crippen LogP contribution in [0.25, 0.3) is 0 Å². The standard InChI is InChI=1S/C47H71N5O13S/c1-32(2)26-37(42(56)47(7,60)31-65-66(61,62)46(5,6)20-23-64-30-41(54)55)49-45(59)39(28-35-16-12-9-13-17-35)51-44(58)38(27-33(3)4)50-43(57)36(19-18-34-14-10-8-11-15-34)48-40(53)29-52-21-24-63-25-22-52/h8-17,32-33,36-39,60H,18-31H2,1-7H3,(H,48,53)(H,49,59)(H,50,57)(H,51,58)(H,54,55). The minimum Gasteiger partial charge on any atom is -0.480 e. The molecule has 18 nitrogen and oxygen atoms in total. The Kier molecular flexibility index (Phi) is 22.3. The predicted molar refractivity (Wildman–Crippen MR) is 246 cm³/mol. The summed E-state index contributed by atoms with van der Waals surface area (Å²) < 4.78 is 40.4. The Hall–Kier alpha value is -4.79. The van der Waals surface area contributed by atoms with Gasteiger partial charge in [-0.25, -0.2) is 4.79 Å². The van der Waals surface area contributed by atoms with Crippen molar-refractivity contribution in [2.45, 2.75) is 122 Å². The van der Waals surface area contributed by atoms with Crippen LogP contribution in [0.5, 0.6) is 0 Å². The van der Waals surface area contributed by atoms with Crippen LogP contribution in [-0.4, -0.2) is 146 Å². The van der Waals surface area contributed by atoms with Gasteiger partial charge in [0.1, 0.15) is 36.9 Å². The molecule has 5 unspecified atom stereocenters. The zero-order valence-corrected chi connectivity index (χ0v) is 40.2. The van der Waals surface area contributed by atoms with Crippen LogP contribution in [0.2, 0.25) is 0 Å². The second kappa shape index (κ2) is 26.5. The molecule has 0 aliphatic carbocycles. The monoisotopic (exact) mass is 945 g/mol. The van der Waals surface area contributed by atoms with Crippen LogP contribution in [0.1, 0.15) is 85.3 Å². The lowest BCUT2D eigenvalue weighted by atomic mass is 9.90. The van der Waals surface area contributed by atoms with E-state index in [1.54, 1.807) is 44.2 Å². The van der Waals surface area contributed by atoms with E-state index in [2.05, 4.69) is 21.3 Å². The van der Waals surface area contributed by atoms with Gasteiger partial charge in [0.15, 0.2) is 5.78 Å². The summed E-state index contributed by atoms with van der Waals surface area (Å²) in [4.78, 5) is 82.8. The molecular formula is C47H71N5O13S. The lowest BCUT2D eigenvalue weighted by Crippen LogP contribution is -2.60. The number of aliphatic hydroxyl groups is 1. The van der Waals surface area contributed by atoms with Crippen LogP contribution in [0.3, 0.4) is 0 Å². The van der Waals surface area contributed by atoms with Gasteiger partial charge < -0.3 is 41.0 Å². The van der Waals surface area contributed by atoms with Crippen molar-refractivity contribution in [3.63, 3.8) is 0 Å². The highest BCUT2D eigenvalue weighted by atomic mass is 32.2. The zero-order chi connectivity index (χ0) is 49.1. The van der Waals surface area contributed by atoms with Crippen molar-refractivity contribution < 1.29 is 61.1 Å². The van der Waals surface area contributed by atoms with Crippen molar-refractivity contribution in [2.75, 3.05) is 52.7 Å². The first-order valence-electron chi connectivity index (χ1n) is 22.5. The zero-order valence-electron chi connectivity index (χ0n) is 39.4. The van der Waals surface area contributed by atoms with Crippen molar-refractivity contribution in [2.24, 2.45) is 11.8 Å². The molecule has 1 fully saturated rings. The van der Waals surface area contributed by atoms with E-state index < -0.39 is 87.3 Å². The summed E-state index contributed by atoms with van der Waals surface area (Å²) in [5, 5.41) is 31.4. The molecule has 1 aliphatic heterocycles. The molecule has 2 aromatic rings. The molecule has 5 atom stereocenters. The van der Waals surface area contributed by atoms with E-state index in [0.29, 0.717) is 38.3 Å². The van der Waals surface area contributed by atoms with Gasteiger partial charge in [-0.3, -0.25) is 33.1 Å². The Balaban J connectivity index is 1.84. The van der Waals surface area contributed by atoms with Gasteiger partial charge in [0, 0.05) is 26.1 Å². The smallest absolute Gasteiger partial charge is 0.329 e. The number of amides is 4. The van der Waals surface area contributed by atoms with Gasteiger partial charge in [-0.2, -0.15) is 8.42 Å². The number of nitrogens with one attached hydrogen (secondary N) is 4. The lowest BCUT2D eigenvalue weighted by Gasteiger charge is -2.31. The second-order valence-electron chi connectivity index (χ2n) is 18.5. The summed E-state index contributed by atoms with van der Waals surface area (Å²) in [7, 11) is -4.45. The number of hydrogen-bond donors (Lipinski definition) is 6. The number of carboxylic acids is 1. The van der Waals surface area contributed by atoms with E-state index in [4.69, 9.17) is 18.8 Å². The first-order valence-corrected chi connectivity index (χ1v) is 23.9. The number of carbonyl (C=O) groups excluding carboxylic acids is 5. The number of aliphatic carboxylic acids is 1. The quantitative estimate of drug-likeness (QED) is 0.0505. The average Bonchev–Trinajstić information content (AvgIpc) is 3.25. The third-order valence-electron chi connectivity index (χ3n) is 11.1. The molecule has 0 saturated carbocycles. The molecule has 0 radical (unpaired) electrons. The van der Waals surface area contributed by atoms with Gasteiger partial charge in [-0.05, 0) is 75.8 Å². The van der Waals surface area contributed by atoms with E-state index in [1.165, 1.54) is 13.8 Å². The van der Waals surface area contributed by atoms with Crippen molar-refractivity contribution in [3.05, 3.63) is 71.8 Å². The number of Topliss-reactive ketones (excluding diaryl/α,β-unsaturated/α-hetero) is 1. The molecule has 0 spiro atoms. The molecule has 0 aromatic heterocycles. The van der Waals surface area contributed by atoms with Crippen molar-refractivity contribution in [1.29, 1.82) is 0 Å². The Bertz CT molecular complexity index is 1990. The van der Waals surface area contributed by atoms with Crippen LogP contribution in [0.15, 0.2) is 60.7 Å². The van der Waals surface area contributed by atoms with Gasteiger partial charge in [0.25, 0.3) is 10.1 Å². The number of morpholine rings is 1. The number of ketones is 1. The fourth-order valence-corrected chi connectivity index (χ4v) is 8.15. The maximum Gasteiger partial charge on any atom is 0.329 e. The number of carbonyl (C=O) groups is 6. The average molecular weight is 946 g/mol. The normalized spacial score (nSPS) is 16.3. The molecule has 1 aliphatic rings. The second-order valence-corrected chi connectivity index (χ2v) is 20.7. The number of ether oxygens (including phenoxy) is 2. The Labute approximate surface area is 389 Å². The summed E-state index contributed by atoms with van der Waals surface area (Å²) >= 11 is 0. The van der Waals surface area contributed by atoms with Crippen molar-refractivity contribution in [1.82, 2.24) is 26.2 Å². The number of hydrogen-bond acceptors (Lipinski definition) is 13. The summed E-state index contributed by atoms with van der Waals surface area (Å²) in [5.74, 6) is -4.84. The molecule has 4 amide bonds. The molecule has 3 rings (SSSR count). The summed E-state index contributed by atoms with van der Waals surface area (Å²) in [6, 6.07) is 13.5. The number of rotatable bonds is 29. The van der Waals surface area contributed by atoms with E-state index in [1.807, 2.05) is 49.1 Å². The molecular weight excluding hydrogens is 875 g/mol. The van der Waals surface area contributed by atoms with Gasteiger partial charge in [0.2, 0.25) is 23.6 Å². The minimum atomic E-state index is -4.45. The van der Waals surface area contributed by atoms with E-state index in [-0.39, 0.29) is 63.0 Å². The molecule has 368 valence electrons. The van der Waals surface area contributed by atoms with Crippen molar-refractivity contribution in [3.8, 4) is 0 Å². The fraction of sp³-hybridized carbons (Fsp3) is 0.617. The maximum absolute atomic E-state index is 14.3. The van der Waals surface area contributed by atoms with Crippen LogP contribution >= 0.6 is 0 Å². The minimum absolute atomic E-state index is 0.0242. The molecule has 2 aromatic carbocycles. The van der Waals surface area contributed by atoms with E-state index >= 15 is 0 Å². The van der Waals surface area contributed by atoms with Crippen molar-refractivity contribution >= 4 is 45.5 Å². The summed E-state index contributed by atoms with van der Waals surface area (Å²) in [6.07, 6.45) is 0.737. The lowest BCUT2D eigenvalue weighted by molar-refractivity contribution is -0.143. The molecule has 1 saturated heterocycles. The highest BCUT2D eigenvalue weighted by Gasteiger charge is 2.43. The highest BCUT2D eigenvalue weighted by Crippen LogP contribution is 2.25. The predicted octanol–water partition coefficient (Wildman–Crippen LogP) is 2.16. The highest BCUT2D eigenvalue weighted by molar-refractivity contribution is 7.88. The number of aryl methyl sites for hydroxylation is 1. The molecule has 1 heterocycles. The Morgan fingerprint density at radius 1 is 0.742 bits per heavy atom. The summed E-state index contributed by atoms with van der Waals surface area (Å²) in [5.41, 5.74) is -0.798. The number of carboxylic acid groups (broad SMARTS) is 1. The van der Waals surface area contributed by atoms with Gasteiger partial charge in [0.05, 0.1) is 30.5 Å². The van der Waals surface area contributed by atoms with Crippen LogP contribution in [-0.2, 0) is 65.4 Å². The topological polar surface area (TPSA) is 256 Å². The third-order valence-corrected chi connectivity index (χ3v) is 13.0. The third kappa shape index (κ3) is 19.2. The van der Waals surface area contributed by atoms with E-state index in [9.17, 15) is 42.3 Å². The molecule has 6 N–H and O–H groups in total. The molecule has 19 heteroatoms. The van der Waals surface area contributed by atoms with Crippen LogP contribution < -0.4 is 21.3 Å². The number of benzene rings is 2. The molecule has 0 bridgehead atoms. The SMILES string of the molecule is CC(C)CC(NC(=O)C(CCc1ccccc1)NC(=O)CN1CCOCC1)C(=O)NC(Cc1ccccc1)C(=O)NC(CC(C)C)C(=O)C(C)(O)COS(=O)(=O)C(C)(C)CCOCC(=O)O.